The van der Waals surface area contributed by atoms with Gasteiger partial charge < -0.3 is 9.47 Å². The number of hydrogen-bond donors (Lipinski definition) is 0. The van der Waals surface area contributed by atoms with Gasteiger partial charge in [-0.2, -0.15) is 0 Å². The van der Waals surface area contributed by atoms with Gasteiger partial charge in [-0.1, -0.05) is 48.5 Å². The number of cyclic esters (lactones) is 1. The molecular weight excluding hydrogens is 294 g/mol. The first-order valence-electron chi connectivity index (χ1n) is 7.36. The van der Waals surface area contributed by atoms with Crippen LogP contribution in [0.25, 0.3) is 0 Å². The summed E-state index contributed by atoms with van der Waals surface area (Å²) in [6.07, 6.45) is -0.513. The molecule has 23 heavy (non-hydrogen) atoms. The first-order chi connectivity index (χ1) is 11.2. The Hall–Kier alpha value is -2.82. The van der Waals surface area contributed by atoms with Crippen LogP contribution in [0.4, 0.5) is 4.79 Å². The van der Waals surface area contributed by atoms with E-state index in [4.69, 9.17) is 9.47 Å². The van der Waals surface area contributed by atoms with Crippen molar-refractivity contribution >= 4 is 12.0 Å². The Balaban J connectivity index is 1.83. The fourth-order valence-electron chi connectivity index (χ4n) is 2.71. The van der Waals surface area contributed by atoms with Crippen molar-refractivity contribution in [2.75, 3.05) is 13.7 Å². The third-order valence-corrected chi connectivity index (χ3v) is 3.86. The number of ether oxygens (including phenoxy) is 2. The first kappa shape index (κ1) is 15.1. The van der Waals surface area contributed by atoms with Crippen LogP contribution in [0.2, 0.25) is 0 Å². The lowest BCUT2D eigenvalue weighted by Gasteiger charge is -2.20. The summed E-state index contributed by atoms with van der Waals surface area (Å²) in [5, 5.41) is 0. The minimum absolute atomic E-state index is 0.0858. The molecule has 2 aromatic carbocycles. The van der Waals surface area contributed by atoms with E-state index in [9.17, 15) is 9.59 Å². The predicted octanol–water partition coefficient (Wildman–Crippen LogP) is 2.96. The summed E-state index contributed by atoms with van der Waals surface area (Å²) >= 11 is 0. The van der Waals surface area contributed by atoms with Crippen LogP contribution in [0.15, 0.2) is 54.6 Å². The molecule has 0 aliphatic carbocycles. The van der Waals surface area contributed by atoms with Crippen molar-refractivity contribution in [3.05, 3.63) is 65.7 Å². The topological polar surface area (TPSA) is 55.8 Å². The van der Waals surface area contributed by atoms with Crippen LogP contribution in [0.5, 0.6) is 5.75 Å². The van der Waals surface area contributed by atoms with Gasteiger partial charge >= 0.3 is 6.09 Å². The summed E-state index contributed by atoms with van der Waals surface area (Å²) in [4.78, 5) is 25.8. The Labute approximate surface area is 134 Å². The molecule has 2 amide bonds. The maximum Gasteiger partial charge on any atom is 0.417 e. The molecular formula is C18H17NO4. The molecule has 1 aliphatic heterocycles. The average molecular weight is 311 g/mol. The van der Waals surface area contributed by atoms with Crippen molar-refractivity contribution in [1.29, 1.82) is 0 Å². The largest absolute Gasteiger partial charge is 0.496 e. The second kappa shape index (κ2) is 6.52. The number of hydrogen-bond acceptors (Lipinski definition) is 4. The molecule has 0 bridgehead atoms. The minimum Gasteiger partial charge on any atom is -0.496 e. The maximum atomic E-state index is 12.6. The Morgan fingerprint density at radius 1 is 1.17 bits per heavy atom. The molecule has 0 radical (unpaired) electrons. The number of carbonyl (C=O) groups excluding carboxylic acids is 2. The molecule has 0 unspecified atom stereocenters. The van der Waals surface area contributed by atoms with E-state index in [1.807, 2.05) is 48.5 Å². The molecule has 0 N–H and O–H groups in total. The van der Waals surface area contributed by atoms with E-state index in [1.54, 1.807) is 13.2 Å². The number of benzene rings is 2. The summed E-state index contributed by atoms with van der Waals surface area (Å²) in [6, 6.07) is 16.3. The Morgan fingerprint density at radius 3 is 2.61 bits per heavy atom. The number of nitrogens with zero attached hydrogens (tertiary/aromatic N) is 1. The summed E-state index contributed by atoms with van der Waals surface area (Å²) in [5.74, 6) is 0.329. The molecule has 1 saturated heterocycles. The maximum absolute atomic E-state index is 12.6. The molecule has 3 rings (SSSR count). The SMILES string of the molecule is COc1ccccc1CC(=O)N1C(=O)OC[C@@H]1c1ccccc1. The average Bonchev–Trinajstić information content (AvgIpc) is 2.98. The molecule has 5 heteroatoms. The third kappa shape index (κ3) is 3.04. The van der Waals surface area contributed by atoms with E-state index in [0.29, 0.717) is 5.75 Å². The molecule has 5 nitrogen and oxygen atoms in total. The highest BCUT2D eigenvalue weighted by molar-refractivity contribution is 5.95. The molecule has 0 saturated carbocycles. The quantitative estimate of drug-likeness (QED) is 0.871. The van der Waals surface area contributed by atoms with Gasteiger partial charge in [0.25, 0.3) is 0 Å². The number of para-hydroxylation sites is 1. The van der Waals surface area contributed by atoms with E-state index >= 15 is 0 Å². The van der Waals surface area contributed by atoms with Crippen LogP contribution in [-0.2, 0) is 16.0 Å². The summed E-state index contributed by atoms with van der Waals surface area (Å²) in [7, 11) is 1.56. The van der Waals surface area contributed by atoms with E-state index in [-0.39, 0.29) is 25.0 Å². The van der Waals surface area contributed by atoms with Crippen LogP contribution < -0.4 is 4.74 Å². The van der Waals surface area contributed by atoms with Crippen LogP contribution in [0.1, 0.15) is 17.2 Å². The standard InChI is InChI=1S/C18H17NO4/c1-22-16-10-6-5-9-14(16)11-17(20)19-15(12-23-18(19)21)13-7-3-2-4-8-13/h2-10,15H,11-12H2,1H3/t15-/m1/s1. The van der Waals surface area contributed by atoms with Gasteiger partial charge in [-0.25, -0.2) is 9.69 Å². The third-order valence-electron chi connectivity index (χ3n) is 3.86. The Morgan fingerprint density at radius 2 is 1.87 bits per heavy atom. The zero-order valence-corrected chi connectivity index (χ0v) is 12.8. The van der Waals surface area contributed by atoms with E-state index in [2.05, 4.69) is 0 Å². The highest BCUT2D eigenvalue weighted by atomic mass is 16.6. The predicted molar refractivity (Wildman–Crippen MR) is 84.1 cm³/mol. The van der Waals surface area contributed by atoms with Crippen molar-refractivity contribution in [2.45, 2.75) is 12.5 Å². The fourth-order valence-corrected chi connectivity index (χ4v) is 2.71. The van der Waals surface area contributed by atoms with Crippen LogP contribution in [-0.4, -0.2) is 30.6 Å². The zero-order valence-electron chi connectivity index (χ0n) is 12.8. The van der Waals surface area contributed by atoms with E-state index < -0.39 is 6.09 Å². The highest BCUT2D eigenvalue weighted by Crippen LogP contribution is 2.29. The Kier molecular flexibility index (Phi) is 4.28. The number of rotatable bonds is 4. The molecule has 0 spiro atoms. The summed E-state index contributed by atoms with van der Waals surface area (Å²) in [6.45, 7) is 0.181. The van der Waals surface area contributed by atoms with Crippen molar-refractivity contribution < 1.29 is 19.1 Å². The number of methoxy groups -OCH3 is 1. The number of imide groups is 1. The molecule has 0 aromatic heterocycles. The first-order valence-corrected chi connectivity index (χ1v) is 7.36. The zero-order chi connectivity index (χ0) is 16.2. The molecule has 1 atom stereocenters. The van der Waals surface area contributed by atoms with Gasteiger partial charge in [0.15, 0.2) is 0 Å². The smallest absolute Gasteiger partial charge is 0.417 e. The van der Waals surface area contributed by atoms with Gasteiger partial charge in [0.1, 0.15) is 18.4 Å². The van der Waals surface area contributed by atoms with Gasteiger partial charge in [-0.15, -0.1) is 0 Å². The number of carbonyl (C=O) groups is 2. The lowest BCUT2D eigenvalue weighted by molar-refractivity contribution is -0.128. The van der Waals surface area contributed by atoms with Crippen molar-refractivity contribution in [3.63, 3.8) is 0 Å². The lowest BCUT2D eigenvalue weighted by atomic mass is 10.1. The lowest BCUT2D eigenvalue weighted by Crippen LogP contribution is -2.35. The van der Waals surface area contributed by atoms with Crippen molar-refractivity contribution in [3.8, 4) is 5.75 Å². The van der Waals surface area contributed by atoms with Crippen molar-refractivity contribution in [2.24, 2.45) is 0 Å². The van der Waals surface area contributed by atoms with Crippen molar-refractivity contribution in [1.82, 2.24) is 4.90 Å². The molecule has 1 aliphatic rings. The van der Waals surface area contributed by atoms with Gasteiger partial charge in [0.05, 0.1) is 13.5 Å². The fraction of sp³-hybridized carbons (Fsp3) is 0.222. The molecule has 2 aromatic rings. The van der Waals surface area contributed by atoms with E-state index in [1.165, 1.54) is 4.90 Å². The highest BCUT2D eigenvalue weighted by Gasteiger charge is 2.38. The van der Waals surface area contributed by atoms with Gasteiger partial charge in [0.2, 0.25) is 5.91 Å². The number of amides is 2. The summed E-state index contributed by atoms with van der Waals surface area (Å²) in [5.41, 5.74) is 1.62. The monoisotopic (exact) mass is 311 g/mol. The normalized spacial score (nSPS) is 17.0. The van der Waals surface area contributed by atoms with Gasteiger partial charge in [-0.3, -0.25) is 4.79 Å². The second-order valence-corrected chi connectivity index (χ2v) is 5.26. The Bertz CT molecular complexity index is 714. The van der Waals surface area contributed by atoms with Crippen LogP contribution in [0, 0.1) is 0 Å². The molecule has 118 valence electrons. The summed E-state index contributed by atoms with van der Waals surface area (Å²) < 4.78 is 10.3. The molecule has 1 heterocycles. The van der Waals surface area contributed by atoms with Gasteiger partial charge in [-0.05, 0) is 11.6 Å². The minimum atomic E-state index is -0.598. The molecule has 1 fully saturated rings. The van der Waals surface area contributed by atoms with Gasteiger partial charge in [0, 0.05) is 5.56 Å². The van der Waals surface area contributed by atoms with Crippen LogP contribution in [0.3, 0.4) is 0 Å². The second-order valence-electron chi connectivity index (χ2n) is 5.26. The van der Waals surface area contributed by atoms with E-state index in [0.717, 1.165) is 11.1 Å². The van der Waals surface area contributed by atoms with Crippen LogP contribution >= 0.6 is 0 Å².